The number of benzene rings is 1. The number of likely N-dealkylation sites (tertiary alicyclic amines) is 1. The Morgan fingerprint density at radius 2 is 1.95 bits per heavy atom. The number of β-amino-alcohol motifs (C(OH)–C–C–N with tert-alkyl or cyclic N) is 1. The molecular weight excluding hydrogens is 285 g/mol. The van der Waals surface area contributed by atoms with Gasteiger partial charge in [0.05, 0.1) is 6.54 Å². The first-order valence-electron chi connectivity index (χ1n) is 6.54. The first-order chi connectivity index (χ1) is 9.64. The zero-order valence-electron chi connectivity index (χ0n) is 11.5. The van der Waals surface area contributed by atoms with Crippen LogP contribution in [-0.4, -0.2) is 40.8 Å². The van der Waals surface area contributed by atoms with Crippen molar-refractivity contribution in [3.63, 3.8) is 0 Å². The number of amides is 1. The summed E-state index contributed by atoms with van der Waals surface area (Å²) in [5.41, 5.74) is 4.50. The van der Waals surface area contributed by atoms with Gasteiger partial charge in [-0.15, -0.1) is 0 Å². The third kappa shape index (κ3) is 3.03. The molecule has 0 aromatic heterocycles. The topological polar surface area (TPSA) is 66.6 Å². The first-order valence-corrected chi connectivity index (χ1v) is 6.54. The van der Waals surface area contributed by atoms with Crippen molar-refractivity contribution in [2.75, 3.05) is 13.1 Å². The smallest absolute Gasteiger partial charge is 0.379 e. The highest BCUT2D eigenvalue weighted by atomic mass is 19.4. The van der Waals surface area contributed by atoms with Gasteiger partial charge in [0.25, 0.3) is 0 Å². The van der Waals surface area contributed by atoms with E-state index >= 15 is 0 Å². The van der Waals surface area contributed by atoms with E-state index in [2.05, 4.69) is 0 Å². The molecule has 0 radical (unpaired) electrons. The molecule has 0 aliphatic carbocycles. The Bertz CT molecular complexity index is 530. The van der Waals surface area contributed by atoms with Crippen molar-refractivity contribution in [1.82, 2.24) is 4.90 Å². The lowest BCUT2D eigenvalue weighted by Crippen LogP contribution is -2.48. The van der Waals surface area contributed by atoms with Crippen LogP contribution in [0.1, 0.15) is 23.6 Å². The largest absolute Gasteiger partial charge is 0.419 e. The van der Waals surface area contributed by atoms with Gasteiger partial charge in [-0.25, -0.2) is 0 Å². The minimum Gasteiger partial charge on any atom is -0.379 e. The number of aliphatic hydroxyl groups is 1. The van der Waals surface area contributed by atoms with Crippen molar-refractivity contribution in [3.05, 3.63) is 35.4 Å². The van der Waals surface area contributed by atoms with Crippen LogP contribution in [0.4, 0.5) is 13.2 Å². The molecule has 2 rings (SSSR count). The summed E-state index contributed by atoms with van der Waals surface area (Å²) in [4.78, 5) is 13.1. The molecule has 1 saturated heterocycles. The number of nitrogens with zero attached hydrogens (tertiary/aromatic N) is 1. The molecule has 0 bridgehead atoms. The number of hydrogen-bond donors (Lipinski definition) is 2. The molecule has 3 N–H and O–H groups in total. The second kappa shape index (κ2) is 5.31. The Morgan fingerprint density at radius 1 is 1.38 bits per heavy atom. The fourth-order valence-electron chi connectivity index (χ4n) is 2.33. The SMILES string of the molecule is Cc1ccc(C(N)C(=O)N2CCC(O)(C(F)(F)F)C2)cc1. The molecule has 0 saturated carbocycles. The van der Waals surface area contributed by atoms with E-state index in [1.807, 2.05) is 6.92 Å². The highest BCUT2D eigenvalue weighted by Crippen LogP contribution is 2.38. The molecule has 1 amide bonds. The molecule has 2 atom stereocenters. The lowest BCUT2D eigenvalue weighted by atomic mass is 10.0. The molecule has 1 aliphatic heterocycles. The molecule has 2 unspecified atom stereocenters. The van der Waals surface area contributed by atoms with Crippen LogP contribution in [0.25, 0.3) is 0 Å². The number of carbonyl (C=O) groups excluding carboxylic acids is 1. The number of hydrogen-bond acceptors (Lipinski definition) is 3. The summed E-state index contributed by atoms with van der Waals surface area (Å²) >= 11 is 0. The summed E-state index contributed by atoms with van der Waals surface area (Å²) in [6.07, 6.45) is -5.28. The lowest BCUT2D eigenvalue weighted by molar-refractivity contribution is -0.253. The average Bonchev–Trinajstić information content (AvgIpc) is 2.81. The second-order valence-corrected chi connectivity index (χ2v) is 5.43. The van der Waals surface area contributed by atoms with Crippen molar-refractivity contribution in [3.8, 4) is 0 Å². The monoisotopic (exact) mass is 302 g/mol. The maximum Gasteiger partial charge on any atom is 0.419 e. The van der Waals surface area contributed by atoms with E-state index in [0.29, 0.717) is 5.56 Å². The van der Waals surface area contributed by atoms with Crippen molar-refractivity contribution in [2.45, 2.75) is 31.2 Å². The third-order valence-electron chi connectivity index (χ3n) is 3.79. The van der Waals surface area contributed by atoms with Crippen LogP contribution in [0.5, 0.6) is 0 Å². The van der Waals surface area contributed by atoms with Gasteiger partial charge < -0.3 is 15.7 Å². The van der Waals surface area contributed by atoms with Crippen LogP contribution >= 0.6 is 0 Å². The van der Waals surface area contributed by atoms with E-state index in [9.17, 15) is 23.1 Å². The molecule has 1 aromatic rings. The summed E-state index contributed by atoms with van der Waals surface area (Å²) in [5.74, 6) is -0.612. The lowest BCUT2D eigenvalue weighted by Gasteiger charge is -2.27. The third-order valence-corrected chi connectivity index (χ3v) is 3.79. The van der Waals surface area contributed by atoms with Gasteiger partial charge in [0.2, 0.25) is 5.91 Å². The average molecular weight is 302 g/mol. The van der Waals surface area contributed by atoms with E-state index in [4.69, 9.17) is 5.73 Å². The maximum atomic E-state index is 12.7. The number of aryl methyl sites for hydroxylation is 1. The molecule has 1 aromatic carbocycles. The van der Waals surface area contributed by atoms with Gasteiger partial charge in [0.15, 0.2) is 5.60 Å². The zero-order valence-corrected chi connectivity index (χ0v) is 11.5. The predicted molar refractivity (Wildman–Crippen MR) is 70.3 cm³/mol. The number of rotatable bonds is 2. The predicted octanol–water partition coefficient (Wildman–Crippen LogP) is 1.52. The molecular formula is C14H17F3N2O2. The van der Waals surface area contributed by atoms with E-state index in [1.165, 1.54) is 0 Å². The Hall–Kier alpha value is -1.60. The van der Waals surface area contributed by atoms with Gasteiger partial charge in [-0.1, -0.05) is 29.8 Å². The molecule has 1 heterocycles. The van der Waals surface area contributed by atoms with Crippen molar-refractivity contribution >= 4 is 5.91 Å². The molecule has 4 nitrogen and oxygen atoms in total. The molecule has 1 fully saturated rings. The highest BCUT2D eigenvalue weighted by molar-refractivity contribution is 5.83. The van der Waals surface area contributed by atoms with Gasteiger partial charge in [-0.3, -0.25) is 4.79 Å². The first kappa shape index (κ1) is 15.8. The van der Waals surface area contributed by atoms with E-state index in [1.54, 1.807) is 24.3 Å². The molecule has 116 valence electrons. The highest BCUT2D eigenvalue weighted by Gasteiger charge is 2.58. The molecule has 21 heavy (non-hydrogen) atoms. The minimum absolute atomic E-state index is 0.158. The Morgan fingerprint density at radius 3 is 2.43 bits per heavy atom. The van der Waals surface area contributed by atoms with E-state index < -0.39 is 36.7 Å². The van der Waals surface area contributed by atoms with Crippen LogP contribution in [0.3, 0.4) is 0 Å². The van der Waals surface area contributed by atoms with E-state index in [-0.39, 0.29) is 6.54 Å². The summed E-state index contributed by atoms with van der Waals surface area (Å²) in [7, 11) is 0. The fraction of sp³-hybridized carbons (Fsp3) is 0.500. The summed E-state index contributed by atoms with van der Waals surface area (Å²) in [5, 5.41) is 9.58. The van der Waals surface area contributed by atoms with Crippen LogP contribution in [0, 0.1) is 6.92 Å². The number of alkyl halides is 3. The van der Waals surface area contributed by atoms with Crippen LogP contribution < -0.4 is 5.73 Å². The van der Waals surface area contributed by atoms with Gasteiger partial charge in [-0.2, -0.15) is 13.2 Å². The van der Waals surface area contributed by atoms with Crippen molar-refractivity contribution < 1.29 is 23.1 Å². The van der Waals surface area contributed by atoms with Gasteiger partial charge in [0, 0.05) is 13.0 Å². The molecule has 0 spiro atoms. The standard InChI is InChI=1S/C14H17F3N2O2/c1-9-2-4-10(5-3-9)11(18)12(20)19-7-6-13(21,8-19)14(15,16)17/h2-5,11,21H,6-8,18H2,1H3. The zero-order chi connectivity index (χ0) is 15.8. The van der Waals surface area contributed by atoms with Crippen LogP contribution in [0.15, 0.2) is 24.3 Å². The Kier molecular flexibility index (Phi) is 3.99. The van der Waals surface area contributed by atoms with E-state index in [0.717, 1.165) is 10.5 Å². The number of carbonyl (C=O) groups is 1. The Labute approximate surface area is 120 Å². The number of nitrogens with two attached hydrogens (primary N) is 1. The van der Waals surface area contributed by atoms with Crippen LogP contribution in [-0.2, 0) is 4.79 Å². The molecule has 1 aliphatic rings. The van der Waals surface area contributed by atoms with Crippen molar-refractivity contribution in [2.24, 2.45) is 5.73 Å². The van der Waals surface area contributed by atoms with Gasteiger partial charge in [0.1, 0.15) is 6.04 Å². The summed E-state index contributed by atoms with van der Waals surface area (Å²) in [6, 6.07) is 5.87. The normalized spacial score (nSPS) is 24.2. The van der Waals surface area contributed by atoms with Crippen molar-refractivity contribution in [1.29, 1.82) is 0 Å². The van der Waals surface area contributed by atoms with Crippen LogP contribution in [0.2, 0.25) is 0 Å². The second-order valence-electron chi connectivity index (χ2n) is 5.43. The Balaban J connectivity index is 2.10. The minimum atomic E-state index is -4.75. The van der Waals surface area contributed by atoms with Gasteiger partial charge in [-0.05, 0) is 12.5 Å². The fourth-order valence-corrected chi connectivity index (χ4v) is 2.33. The molecule has 7 heteroatoms. The summed E-state index contributed by atoms with van der Waals surface area (Å²) < 4.78 is 38.2. The number of halogens is 3. The summed E-state index contributed by atoms with van der Waals surface area (Å²) in [6.45, 7) is 0.949. The van der Waals surface area contributed by atoms with Gasteiger partial charge >= 0.3 is 6.18 Å². The quantitative estimate of drug-likeness (QED) is 0.870. The maximum absolute atomic E-state index is 12.7.